The molecule has 3 rings (SSSR count). The third kappa shape index (κ3) is 2.16. The number of hydrogen-bond acceptors (Lipinski definition) is 3. The van der Waals surface area contributed by atoms with Crippen LogP contribution >= 0.6 is 0 Å². The van der Waals surface area contributed by atoms with Gasteiger partial charge in [-0.3, -0.25) is 0 Å². The topological polar surface area (TPSA) is 54.0 Å². The van der Waals surface area contributed by atoms with Crippen molar-refractivity contribution in [1.29, 1.82) is 5.26 Å². The van der Waals surface area contributed by atoms with Crippen LogP contribution in [0, 0.1) is 17.1 Å². The van der Waals surface area contributed by atoms with Gasteiger partial charge in [0, 0.05) is 18.7 Å². The highest BCUT2D eigenvalue weighted by Gasteiger charge is 2.08. The zero-order valence-corrected chi connectivity index (χ0v) is 9.92. The largest absolute Gasteiger partial charge is 0.221 e. The van der Waals surface area contributed by atoms with E-state index in [0.29, 0.717) is 29.0 Å². The normalized spacial score (nSPS) is 10.5. The Morgan fingerprint density at radius 1 is 1.26 bits per heavy atom. The van der Waals surface area contributed by atoms with E-state index >= 15 is 0 Å². The maximum absolute atomic E-state index is 13.5. The number of hydrogen-bond donors (Lipinski definition) is 0. The first-order valence-corrected chi connectivity index (χ1v) is 5.75. The van der Waals surface area contributed by atoms with Crippen LogP contribution in [0.5, 0.6) is 0 Å². The van der Waals surface area contributed by atoms with E-state index < -0.39 is 0 Å². The van der Waals surface area contributed by atoms with Gasteiger partial charge in [-0.05, 0) is 17.7 Å². The Morgan fingerprint density at radius 2 is 2.11 bits per heavy atom. The molecule has 0 aliphatic heterocycles. The number of benzene rings is 1. The quantitative estimate of drug-likeness (QED) is 0.703. The lowest BCUT2D eigenvalue weighted by atomic mass is 10.1. The third-order valence-corrected chi connectivity index (χ3v) is 2.82. The average Bonchev–Trinajstić information content (AvgIpc) is 2.82. The lowest BCUT2D eigenvalue weighted by Gasteiger charge is -1.97. The van der Waals surface area contributed by atoms with E-state index in [1.165, 1.54) is 6.07 Å². The number of aromatic nitrogens is 3. The highest BCUT2D eigenvalue weighted by atomic mass is 19.1. The molecule has 3 aromatic rings. The van der Waals surface area contributed by atoms with Crippen LogP contribution in [0.4, 0.5) is 4.39 Å². The second-order valence-corrected chi connectivity index (χ2v) is 4.13. The Hall–Kier alpha value is -2.74. The average molecular weight is 252 g/mol. The van der Waals surface area contributed by atoms with Crippen molar-refractivity contribution in [2.45, 2.75) is 6.42 Å². The summed E-state index contributed by atoms with van der Waals surface area (Å²) < 4.78 is 15.1. The van der Waals surface area contributed by atoms with Gasteiger partial charge in [0.15, 0.2) is 11.5 Å². The van der Waals surface area contributed by atoms with Gasteiger partial charge in [0.05, 0.1) is 11.6 Å². The second-order valence-electron chi connectivity index (χ2n) is 4.13. The number of halogens is 1. The lowest BCUT2D eigenvalue weighted by Crippen LogP contribution is -1.95. The van der Waals surface area contributed by atoms with Crippen LogP contribution in [0.15, 0.2) is 42.6 Å². The van der Waals surface area contributed by atoms with Crippen molar-refractivity contribution in [3.05, 3.63) is 65.4 Å². The van der Waals surface area contributed by atoms with Crippen LogP contribution in [0.25, 0.3) is 5.65 Å². The van der Waals surface area contributed by atoms with Crippen molar-refractivity contribution in [3.63, 3.8) is 0 Å². The molecule has 4 nitrogen and oxygen atoms in total. The monoisotopic (exact) mass is 252 g/mol. The molecule has 0 spiro atoms. The zero-order valence-electron chi connectivity index (χ0n) is 9.92. The maximum atomic E-state index is 13.5. The zero-order chi connectivity index (χ0) is 13.2. The van der Waals surface area contributed by atoms with Crippen molar-refractivity contribution in [2.24, 2.45) is 0 Å². The predicted molar refractivity (Wildman–Crippen MR) is 66.9 cm³/mol. The summed E-state index contributed by atoms with van der Waals surface area (Å²) in [5, 5.41) is 13.1. The Kier molecular flexibility index (Phi) is 2.69. The van der Waals surface area contributed by atoms with Crippen molar-refractivity contribution >= 4 is 5.65 Å². The summed E-state index contributed by atoms with van der Waals surface area (Å²) in [7, 11) is 0. The van der Waals surface area contributed by atoms with Gasteiger partial charge in [0.25, 0.3) is 0 Å². The third-order valence-electron chi connectivity index (χ3n) is 2.82. The van der Waals surface area contributed by atoms with Crippen LogP contribution in [0.3, 0.4) is 0 Å². The second kappa shape index (κ2) is 4.50. The highest BCUT2D eigenvalue weighted by Crippen LogP contribution is 2.12. The molecular weight excluding hydrogens is 243 g/mol. The van der Waals surface area contributed by atoms with E-state index in [4.69, 9.17) is 5.26 Å². The molecule has 0 aliphatic carbocycles. The smallest absolute Gasteiger partial charge is 0.156 e. The van der Waals surface area contributed by atoms with Crippen LogP contribution in [0.1, 0.15) is 17.0 Å². The minimum Gasteiger partial charge on any atom is -0.221 e. The van der Waals surface area contributed by atoms with Crippen LogP contribution < -0.4 is 0 Å². The summed E-state index contributed by atoms with van der Waals surface area (Å²) in [5.74, 6) is 0.263. The van der Waals surface area contributed by atoms with E-state index in [0.717, 1.165) is 0 Å². The van der Waals surface area contributed by atoms with E-state index in [-0.39, 0.29) is 5.82 Å². The van der Waals surface area contributed by atoms with Gasteiger partial charge < -0.3 is 0 Å². The highest BCUT2D eigenvalue weighted by molar-refractivity contribution is 5.45. The minimum atomic E-state index is -0.265. The van der Waals surface area contributed by atoms with Gasteiger partial charge in [-0.2, -0.15) is 10.4 Å². The van der Waals surface area contributed by atoms with Crippen molar-refractivity contribution < 1.29 is 4.39 Å². The molecule has 2 aromatic heterocycles. The van der Waals surface area contributed by atoms with E-state index in [1.807, 2.05) is 6.07 Å². The molecule has 5 heteroatoms. The molecule has 2 heterocycles. The molecule has 1 aromatic carbocycles. The van der Waals surface area contributed by atoms with Gasteiger partial charge in [-0.15, -0.1) is 0 Å². The standard InChI is InChI=1S/C14H9FN4/c15-12-4-2-1-3-11(12)8-13-17-14-7-10(9-16)5-6-19(14)18-13/h1-7H,8H2. The molecule has 0 atom stereocenters. The predicted octanol–water partition coefficient (Wildman–Crippen LogP) is 2.33. The number of pyridine rings is 1. The van der Waals surface area contributed by atoms with Gasteiger partial charge in [0.1, 0.15) is 5.82 Å². The molecule has 0 fully saturated rings. The molecule has 0 unspecified atom stereocenters. The minimum absolute atomic E-state index is 0.265. The van der Waals surface area contributed by atoms with Gasteiger partial charge in [-0.25, -0.2) is 13.9 Å². The fourth-order valence-corrected chi connectivity index (χ4v) is 1.88. The van der Waals surface area contributed by atoms with E-state index in [2.05, 4.69) is 10.1 Å². The lowest BCUT2D eigenvalue weighted by molar-refractivity contribution is 0.612. The number of nitrogens with zero attached hydrogens (tertiary/aromatic N) is 4. The Labute approximate surface area is 108 Å². The first kappa shape index (κ1) is 11.4. The Balaban J connectivity index is 1.98. The molecular formula is C14H9FN4. The maximum Gasteiger partial charge on any atom is 0.156 e. The van der Waals surface area contributed by atoms with Crippen molar-refractivity contribution in [3.8, 4) is 6.07 Å². The molecule has 92 valence electrons. The fourth-order valence-electron chi connectivity index (χ4n) is 1.88. The van der Waals surface area contributed by atoms with E-state index in [9.17, 15) is 4.39 Å². The molecule has 0 bridgehead atoms. The van der Waals surface area contributed by atoms with Crippen LogP contribution in [-0.2, 0) is 6.42 Å². The van der Waals surface area contributed by atoms with Gasteiger partial charge in [0.2, 0.25) is 0 Å². The van der Waals surface area contributed by atoms with Crippen LogP contribution in [0.2, 0.25) is 0 Å². The summed E-state index contributed by atoms with van der Waals surface area (Å²) in [5.41, 5.74) is 1.67. The summed E-state index contributed by atoms with van der Waals surface area (Å²) in [6, 6.07) is 11.9. The molecule has 0 amide bonds. The number of nitriles is 1. The number of fused-ring (bicyclic) bond motifs is 1. The van der Waals surface area contributed by atoms with Gasteiger partial charge >= 0.3 is 0 Å². The molecule has 19 heavy (non-hydrogen) atoms. The summed E-state index contributed by atoms with van der Waals surface area (Å²) >= 11 is 0. The first-order chi connectivity index (χ1) is 9.26. The molecule has 0 radical (unpaired) electrons. The Morgan fingerprint density at radius 3 is 2.89 bits per heavy atom. The van der Waals surface area contributed by atoms with Crippen LogP contribution in [-0.4, -0.2) is 14.6 Å². The summed E-state index contributed by atoms with van der Waals surface area (Å²) in [4.78, 5) is 4.29. The van der Waals surface area contributed by atoms with Crippen molar-refractivity contribution in [2.75, 3.05) is 0 Å². The summed E-state index contributed by atoms with van der Waals surface area (Å²) in [6.45, 7) is 0. The van der Waals surface area contributed by atoms with Crippen molar-refractivity contribution in [1.82, 2.24) is 14.6 Å². The first-order valence-electron chi connectivity index (χ1n) is 5.75. The molecule has 0 aliphatic rings. The summed E-state index contributed by atoms with van der Waals surface area (Å²) in [6.07, 6.45) is 2.00. The van der Waals surface area contributed by atoms with Gasteiger partial charge in [-0.1, -0.05) is 18.2 Å². The number of rotatable bonds is 2. The SMILES string of the molecule is N#Cc1ccn2nc(Cc3ccccc3F)nc2c1. The Bertz CT molecular complexity index is 785. The van der Waals surface area contributed by atoms with E-state index in [1.54, 1.807) is 41.0 Å². The molecule has 0 N–H and O–H groups in total. The molecule has 0 saturated carbocycles. The fraction of sp³-hybridized carbons (Fsp3) is 0.0714. The molecule has 0 saturated heterocycles.